The van der Waals surface area contributed by atoms with E-state index in [1.165, 1.54) is 18.2 Å². The maximum Gasteiger partial charge on any atom is 0.586 e. The number of hydrogen-bond donors (Lipinski definition) is 2. The lowest BCUT2D eigenvalue weighted by Crippen LogP contribution is -2.36. The van der Waals surface area contributed by atoms with Gasteiger partial charge in [-0.25, -0.2) is 0 Å². The quantitative estimate of drug-likeness (QED) is 0.802. The SMILES string of the molecule is C[C@](N)(CO)c1ccc2c(c1)OC(F)(F)O2. The first kappa shape index (κ1) is 11.1. The van der Waals surface area contributed by atoms with Gasteiger partial charge in [0.2, 0.25) is 0 Å². The molecule has 0 saturated carbocycles. The Morgan fingerprint density at radius 3 is 2.62 bits per heavy atom. The second kappa shape index (κ2) is 3.29. The van der Waals surface area contributed by atoms with Crippen molar-refractivity contribution in [1.29, 1.82) is 0 Å². The summed E-state index contributed by atoms with van der Waals surface area (Å²) in [7, 11) is 0. The Hall–Kier alpha value is -1.40. The van der Waals surface area contributed by atoms with Crippen LogP contribution in [0.15, 0.2) is 18.2 Å². The van der Waals surface area contributed by atoms with Gasteiger partial charge >= 0.3 is 6.29 Å². The molecule has 6 heteroatoms. The summed E-state index contributed by atoms with van der Waals surface area (Å²) in [4.78, 5) is 0. The third-order valence-electron chi connectivity index (χ3n) is 2.39. The van der Waals surface area contributed by atoms with Gasteiger partial charge in [-0.2, -0.15) is 0 Å². The van der Waals surface area contributed by atoms with Gasteiger partial charge < -0.3 is 20.3 Å². The van der Waals surface area contributed by atoms with Crippen molar-refractivity contribution in [1.82, 2.24) is 0 Å². The summed E-state index contributed by atoms with van der Waals surface area (Å²) in [5.74, 6) is -0.116. The highest BCUT2D eigenvalue weighted by Gasteiger charge is 2.43. The van der Waals surface area contributed by atoms with Gasteiger partial charge in [0.05, 0.1) is 12.1 Å². The van der Waals surface area contributed by atoms with Crippen molar-refractivity contribution in [2.45, 2.75) is 18.8 Å². The van der Waals surface area contributed by atoms with Crippen molar-refractivity contribution in [3.05, 3.63) is 23.8 Å². The zero-order chi connectivity index (χ0) is 12.0. The van der Waals surface area contributed by atoms with E-state index in [9.17, 15) is 8.78 Å². The van der Waals surface area contributed by atoms with Gasteiger partial charge in [0.1, 0.15) is 0 Å². The molecule has 0 aliphatic carbocycles. The largest absolute Gasteiger partial charge is 0.586 e. The van der Waals surface area contributed by atoms with Crippen LogP contribution in [-0.4, -0.2) is 18.0 Å². The number of rotatable bonds is 2. The first-order valence-corrected chi connectivity index (χ1v) is 4.64. The monoisotopic (exact) mass is 231 g/mol. The van der Waals surface area contributed by atoms with Crippen LogP contribution in [-0.2, 0) is 5.54 Å². The van der Waals surface area contributed by atoms with Gasteiger partial charge in [-0.15, -0.1) is 8.78 Å². The Bertz CT molecular complexity index is 421. The Labute approximate surface area is 90.6 Å². The average molecular weight is 231 g/mol. The zero-order valence-corrected chi connectivity index (χ0v) is 8.54. The fourth-order valence-corrected chi connectivity index (χ4v) is 1.40. The third kappa shape index (κ3) is 1.81. The number of fused-ring (bicyclic) bond motifs is 1. The molecule has 1 aliphatic heterocycles. The number of halogens is 2. The molecule has 3 N–H and O–H groups in total. The second-order valence-corrected chi connectivity index (χ2v) is 3.90. The number of nitrogens with two attached hydrogens (primary N) is 1. The molecule has 1 atom stereocenters. The smallest absolute Gasteiger partial charge is 0.395 e. The molecule has 1 aromatic rings. The topological polar surface area (TPSA) is 64.7 Å². The van der Waals surface area contributed by atoms with Crippen molar-refractivity contribution in [2.24, 2.45) is 5.73 Å². The zero-order valence-electron chi connectivity index (χ0n) is 8.54. The molecule has 1 aromatic carbocycles. The van der Waals surface area contributed by atoms with Crippen molar-refractivity contribution in [2.75, 3.05) is 6.61 Å². The molecular formula is C10H11F2NO3. The van der Waals surface area contributed by atoms with E-state index in [1.54, 1.807) is 6.92 Å². The molecule has 1 aliphatic rings. The molecule has 0 bridgehead atoms. The van der Waals surface area contributed by atoms with Crippen LogP contribution in [0.25, 0.3) is 0 Å². The molecule has 0 radical (unpaired) electrons. The van der Waals surface area contributed by atoms with Crippen LogP contribution >= 0.6 is 0 Å². The number of benzene rings is 1. The highest BCUT2D eigenvalue weighted by Crippen LogP contribution is 2.42. The molecule has 0 fully saturated rings. The number of ether oxygens (including phenoxy) is 2. The lowest BCUT2D eigenvalue weighted by Gasteiger charge is -2.22. The predicted molar refractivity (Wildman–Crippen MR) is 51.3 cm³/mol. The molecule has 0 saturated heterocycles. The molecule has 0 amide bonds. The number of alkyl halides is 2. The van der Waals surface area contributed by atoms with Crippen LogP contribution in [0.5, 0.6) is 11.5 Å². The van der Waals surface area contributed by atoms with E-state index in [0.717, 1.165) is 0 Å². The van der Waals surface area contributed by atoms with E-state index in [2.05, 4.69) is 9.47 Å². The fraction of sp³-hybridized carbons (Fsp3) is 0.400. The van der Waals surface area contributed by atoms with Gasteiger partial charge in [-0.05, 0) is 24.6 Å². The number of hydrogen-bond acceptors (Lipinski definition) is 4. The van der Waals surface area contributed by atoms with E-state index in [-0.39, 0.29) is 18.1 Å². The Morgan fingerprint density at radius 1 is 1.38 bits per heavy atom. The van der Waals surface area contributed by atoms with Crippen LogP contribution in [0.4, 0.5) is 8.78 Å². The molecule has 1 heterocycles. The normalized spacial score (nSPS) is 20.6. The van der Waals surface area contributed by atoms with Gasteiger partial charge in [-0.3, -0.25) is 0 Å². The molecule has 16 heavy (non-hydrogen) atoms. The minimum Gasteiger partial charge on any atom is -0.395 e. The summed E-state index contributed by atoms with van der Waals surface area (Å²) < 4.78 is 34.0. The third-order valence-corrected chi connectivity index (χ3v) is 2.39. The summed E-state index contributed by atoms with van der Waals surface area (Å²) in [6.45, 7) is 1.28. The van der Waals surface area contributed by atoms with E-state index < -0.39 is 11.8 Å². The molecule has 2 rings (SSSR count). The second-order valence-electron chi connectivity index (χ2n) is 3.90. The van der Waals surface area contributed by atoms with Crippen molar-refractivity contribution in [3.63, 3.8) is 0 Å². The Kier molecular flexibility index (Phi) is 2.28. The highest BCUT2D eigenvalue weighted by molar-refractivity contribution is 5.46. The molecule has 4 nitrogen and oxygen atoms in total. The van der Waals surface area contributed by atoms with Crippen molar-refractivity contribution in [3.8, 4) is 11.5 Å². The van der Waals surface area contributed by atoms with Crippen LogP contribution in [0, 0.1) is 0 Å². The summed E-state index contributed by atoms with van der Waals surface area (Å²) in [5.41, 5.74) is 5.26. The first-order valence-electron chi connectivity index (χ1n) is 4.64. The standard InChI is InChI=1S/C10H11F2NO3/c1-9(13,5-14)6-2-3-7-8(4-6)16-10(11,12)15-7/h2-4,14H,5,13H2,1H3/t9-/m0/s1. The average Bonchev–Trinajstić information content (AvgIpc) is 2.50. The Morgan fingerprint density at radius 2 is 2.00 bits per heavy atom. The van der Waals surface area contributed by atoms with E-state index in [1.807, 2.05) is 0 Å². The Balaban J connectivity index is 2.36. The maximum atomic E-state index is 12.7. The van der Waals surface area contributed by atoms with Gasteiger partial charge in [0, 0.05) is 0 Å². The summed E-state index contributed by atoms with van der Waals surface area (Å²) in [5, 5.41) is 9.05. The maximum absolute atomic E-state index is 12.7. The molecule has 0 spiro atoms. The highest BCUT2D eigenvalue weighted by atomic mass is 19.3. The van der Waals surface area contributed by atoms with E-state index >= 15 is 0 Å². The van der Waals surface area contributed by atoms with E-state index in [0.29, 0.717) is 5.56 Å². The summed E-state index contributed by atoms with van der Waals surface area (Å²) in [6.07, 6.45) is -3.63. The lowest BCUT2D eigenvalue weighted by molar-refractivity contribution is -0.286. The van der Waals surface area contributed by atoms with Crippen molar-refractivity contribution >= 4 is 0 Å². The van der Waals surface area contributed by atoms with Crippen LogP contribution < -0.4 is 15.2 Å². The van der Waals surface area contributed by atoms with Gasteiger partial charge in [0.15, 0.2) is 11.5 Å². The molecule has 0 aromatic heterocycles. The fourth-order valence-electron chi connectivity index (χ4n) is 1.40. The van der Waals surface area contributed by atoms with Crippen LogP contribution in [0.2, 0.25) is 0 Å². The van der Waals surface area contributed by atoms with Crippen LogP contribution in [0.1, 0.15) is 12.5 Å². The van der Waals surface area contributed by atoms with E-state index in [4.69, 9.17) is 10.8 Å². The van der Waals surface area contributed by atoms with Gasteiger partial charge in [-0.1, -0.05) is 6.07 Å². The summed E-state index contributed by atoms with van der Waals surface area (Å²) in [6, 6.07) is 4.19. The lowest BCUT2D eigenvalue weighted by atomic mass is 9.94. The van der Waals surface area contributed by atoms with Crippen molar-refractivity contribution < 1.29 is 23.4 Å². The predicted octanol–water partition coefficient (Wildman–Crippen LogP) is 1.17. The molecule has 88 valence electrons. The molecular weight excluding hydrogens is 220 g/mol. The minimum atomic E-state index is -3.63. The van der Waals surface area contributed by atoms with Crippen LogP contribution in [0.3, 0.4) is 0 Å². The number of aliphatic hydroxyl groups excluding tert-OH is 1. The molecule has 0 unspecified atom stereocenters. The minimum absolute atomic E-state index is 0.0394. The first-order chi connectivity index (χ1) is 7.34. The number of aliphatic hydroxyl groups is 1. The van der Waals surface area contributed by atoms with Gasteiger partial charge in [0.25, 0.3) is 0 Å². The summed E-state index contributed by atoms with van der Waals surface area (Å²) >= 11 is 0.